The van der Waals surface area contributed by atoms with E-state index in [1.54, 1.807) is 0 Å². The highest BCUT2D eigenvalue weighted by molar-refractivity contribution is 7.92. The Morgan fingerprint density at radius 2 is 1.75 bits per heavy atom. The van der Waals surface area contributed by atoms with Gasteiger partial charge in [0.25, 0.3) is 0 Å². The average Bonchev–Trinajstić information content (AvgIpc) is 1.85. The molecule has 0 aromatic rings. The van der Waals surface area contributed by atoms with Gasteiger partial charge < -0.3 is 0 Å². The van der Waals surface area contributed by atoms with Crippen LogP contribution in [0.3, 0.4) is 0 Å². The molecule has 12 heavy (non-hydrogen) atoms. The second-order valence-electron chi connectivity index (χ2n) is 3.54. The zero-order valence-electron chi connectivity index (χ0n) is 8.05. The van der Waals surface area contributed by atoms with Crippen LogP contribution in [-0.4, -0.2) is 19.0 Å². The predicted octanol–water partition coefficient (Wildman–Crippen LogP) is 1.61. The Kier molecular flexibility index (Phi) is 4.20. The van der Waals surface area contributed by atoms with Crippen molar-refractivity contribution in [1.82, 2.24) is 5.73 Å². The first-order valence-electron chi connectivity index (χ1n) is 4.28. The lowest BCUT2D eigenvalue weighted by molar-refractivity contribution is 0.542. The molecule has 0 aliphatic heterocycles. The number of rotatable bonds is 5. The van der Waals surface area contributed by atoms with Gasteiger partial charge in [0.2, 0.25) is 0 Å². The maximum atomic E-state index is 11.3. The fourth-order valence-corrected chi connectivity index (χ4v) is 1.89. The van der Waals surface area contributed by atoms with E-state index in [2.05, 4.69) is 0 Å². The first-order chi connectivity index (χ1) is 5.31. The first kappa shape index (κ1) is 11.9. The van der Waals surface area contributed by atoms with E-state index < -0.39 is 14.7 Å². The maximum Gasteiger partial charge on any atom is 0.169 e. The summed E-state index contributed by atoms with van der Waals surface area (Å²) in [6.45, 7) is 4.88. The third kappa shape index (κ3) is 3.54. The van der Waals surface area contributed by atoms with Crippen molar-refractivity contribution in [3.63, 3.8) is 0 Å². The van der Waals surface area contributed by atoms with E-state index in [1.165, 1.54) is 13.8 Å². The smallest absolute Gasteiger partial charge is 0.169 e. The normalized spacial score (nSPS) is 13.3. The minimum absolute atomic E-state index is 0.150. The Labute approximate surface area is 75.3 Å². The summed E-state index contributed by atoms with van der Waals surface area (Å²) in [6.07, 6.45) is 2.62. The van der Waals surface area contributed by atoms with Crippen molar-refractivity contribution >= 4 is 9.84 Å². The highest BCUT2D eigenvalue weighted by atomic mass is 32.2. The highest BCUT2D eigenvalue weighted by Crippen LogP contribution is 2.13. The van der Waals surface area contributed by atoms with E-state index in [9.17, 15) is 8.42 Å². The second kappa shape index (κ2) is 4.23. The standard InChI is InChI=1S/C8H18NO2S/c1-4-5-6-7-12(10,11)8(2,3)9/h9H,4-7H2,1-3H3. The molecule has 0 fully saturated rings. The zero-order valence-corrected chi connectivity index (χ0v) is 8.87. The maximum absolute atomic E-state index is 11.3. The Balaban J connectivity index is 4.08. The molecule has 73 valence electrons. The van der Waals surface area contributed by atoms with Crippen LogP contribution in [0, 0.1) is 0 Å². The van der Waals surface area contributed by atoms with Gasteiger partial charge in [-0.15, -0.1) is 0 Å². The Bertz CT molecular complexity index is 214. The van der Waals surface area contributed by atoms with Crippen LogP contribution in [0.4, 0.5) is 0 Å². The van der Waals surface area contributed by atoms with Gasteiger partial charge in [-0.1, -0.05) is 19.8 Å². The largest absolute Gasteiger partial charge is 0.236 e. The van der Waals surface area contributed by atoms with Crippen molar-refractivity contribution in [3.8, 4) is 0 Å². The molecule has 0 spiro atoms. The van der Waals surface area contributed by atoms with E-state index in [0.29, 0.717) is 6.42 Å². The number of nitrogens with one attached hydrogen (secondary N) is 1. The quantitative estimate of drug-likeness (QED) is 0.621. The van der Waals surface area contributed by atoms with E-state index in [4.69, 9.17) is 5.73 Å². The zero-order chi connectivity index (χ0) is 9.83. The van der Waals surface area contributed by atoms with E-state index in [0.717, 1.165) is 12.8 Å². The van der Waals surface area contributed by atoms with Crippen LogP contribution in [0.25, 0.3) is 0 Å². The van der Waals surface area contributed by atoms with Crippen LogP contribution in [0.1, 0.15) is 40.0 Å². The van der Waals surface area contributed by atoms with Crippen molar-refractivity contribution in [2.75, 3.05) is 5.75 Å². The number of hydrogen-bond acceptors (Lipinski definition) is 2. The number of hydrogen-bond donors (Lipinski definition) is 0. The van der Waals surface area contributed by atoms with E-state index in [1.807, 2.05) is 6.92 Å². The van der Waals surface area contributed by atoms with Gasteiger partial charge in [0.15, 0.2) is 9.84 Å². The summed E-state index contributed by atoms with van der Waals surface area (Å²) in [5.41, 5.74) is 7.38. The Morgan fingerprint density at radius 3 is 2.08 bits per heavy atom. The van der Waals surface area contributed by atoms with E-state index in [-0.39, 0.29) is 5.75 Å². The highest BCUT2D eigenvalue weighted by Gasteiger charge is 2.29. The topological polar surface area (TPSA) is 57.9 Å². The van der Waals surface area contributed by atoms with Gasteiger partial charge in [-0.05, 0) is 20.3 Å². The minimum atomic E-state index is -3.20. The molecule has 0 saturated carbocycles. The molecule has 0 unspecified atom stereocenters. The Hall–Kier alpha value is -0.0900. The summed E-state index contributed by atoms with van der Waals surface area (Å²) in [4.78, 5) is -1.33. The molecule has 0 atom stereocenters. The summed E-state index contributed by atoms with van der Waals surface area (Å²) in [5, 5.41) is 0. The van der Waals surface area contributed by atoms with Crippen LogP contribution in [-0.2, 0) is 9.84 Å². The molecular formula is C8H18NO2S. The molecule has 0 aliphatic rings. The van der Waals surface area contributed by atoms with Crippen LogP contribution in [0.15, 0.2) is 0 Å². The molecule has 0 aromatic carbocycles. The minimum Gasteiger partial charge on any atom is -0.236 e. The van der Waals surface area contributed by atoms with Gasteiger partial charge in [-0.3, -0.25) is 0 Å². The van der Waals surface area contributed by atoms with Gasteiger partial charge in [0.1, 0.15) is 4.87 Å². The number of sulfone groups is 1. The van der Waals surface area contributed by atoms with Crippen LogP contribution in [0.5, 0.6) is 0 Å². The van der Waals surface area contributed by atoms with Crippen LogP contribution >= 0.6 is 0 Å². The Morgan fingerprint density at radius 1 is 1.25 bits per heavy atom. The second-order valence-corrected chi connectivity index (χ2v) is 6.19. The average molecular weight is 192 g/mol. The molecule has 0 aliphatic carbocycles. The number of unbranched alkanes of at least 4 members (excludes halogenated alkanes) is 2. The molecule has 0 aromatic heterocycles. The molecule has 1 N–H and O–H groups in total. The molecule has 0 rings (SSSR count). The van der Waals surface area contributed by atoms with Crippen molar-refractivity contribution in [3.05, 3.63) is 0 Å². The molecule has 0 bridgehead atoms. The lowest BCUT2D eigenvalue weighted by atomic mass is 10.3. The monoisotopic (exact) mass is 192 g/mol. The lowest BCUT2D eigenvalue weighted by Gasteiger charge is -2.17. The summed E-state index contributed by atoms with van der Waals surface area (Å²) in [5.74, 6) is 0.150. The van der Waals surface area contributed by atoms with Crippen molar-refractivity contribution in [1.29, 1.82) is 0 Å². The molecule has 3 nitrogen and oxygen atoms in total. The van der Waals surface area contributed by atoms with E-state index >= 15 is 0 Å². The predicted molar refractivity (Wildman–Crippen MR) is 50.5 cm³/mol. The van der Waals surface area contributed by atoms with Crippen molar-refractivity contribution < 1.29 is 8.42 Å². The van der Waals surface area contributed by atoms with Gasteiger partial charge >= 0.3 is 0 Å². The summed E-state index contributed by atoms with van der Waals surface area (Å²) < 4.78 is 22.7. The SMILES string of the molecule is CCCCCS(=O)(=O)C(C)(C)[NH]. The summed E-state index contributed by atoms with van der Waals surface area (Å²) in [6, 6.07) is 0. The molecule has 0 heterocycles. The fourth-order valence-electron chi connectivity index (χ4n) is 0.797. The molecular weight excluding hydrogens is 174 g/mol. The fraction of sp³-hybridized carbons (Fsp3) is 1.00. The molecule has 4 heteroatoms. The third-order valence-corrected chi connectivity index (χ3v) is 4.18. The van der Waals surface area contributed by atoms with Crippen LogP contribution in [0.2, 0.25) is 0 Å². The molecule has 1 radical (unpaired) electrons. The first-order valence-corrected chi connectivity index (χ1v) is 5.94. The van der Waals surface area contributed by atoms with Gasteiger partial charge in [0, 0.05) is 0 Å². The summed E-state index contributed by atoms with van der Waals surface area (Å²) >= 11 is 0. The molecule has 0 amide bonds. The van der Waals surface area contributed by atoms with Gasteiger partial charge in [-0.25, -0.2) is 14.2 Å². The van der Waals surface area contributed by atoms with Crippen LogP contribution < -0.4 is 5.73 Å². The lowest BCUT2D eigenvalue weighted by Crippen LogP contribution is -2.35. The van der Waals surface area contributed by atoms with Crippen molar-refractivity contribution in [2.24, 2.45) is 0 Å². The molecule has 0 saturated heterocycles. The van der Waals surface area contributed by atoms with Gasteiger partial charge in [0.05, 0.1) is 5.75 Å². The van der Waals surface area contributed by atoms with Gasteiger partial charge in [-0.2, -0.15) is 0 Å². The van der Waals surface area contributed by atoms with Crippen molar-refractivity contribution in [2.45, 2.75) is 44.9 Å². The third-order valence-electron chi connectivity index (χ3n) is 1.79. The summed E-state index contributed by atoms with van der Waals surface area (Å²) in [7, 11) is -3.20.